The molecule has 1 heterocycles. The topological polar surface area (TPSA) is 81.0 Å². The number of ether oxygens (including phenoxy) is 2. The number of furan rings is 1. The predicted molar refractivity (Wildman–Crippen MR) is 132 cm³/mol. The number of hydrogen-bond donors (Lipinski definition) is 1. The average molecular weight is 477 g/mol. The molecule has 1 fully saturated rings. The zero-order chi connectivity index (χ0) is 24.8. The van der Waals surface area contributed by atoms with E-state index in [9.17, 15) is 9.59 Å². The number of aryl methyl sites for hydroxylation is 1. The Bertz CT molecular complexity index is 1150. The summed E-state index contributed by atoms with van der Waals surface area (Å²) in [4.78, 5) is 29.4. The van der Waals surface area contributed by atoms with Crippen molar-refractivity contribution in [2.45, 2.75) is 51.2 Å². The van der Waals surface area contributed by atoms with Gasteiger partial charge < -0.3 is 24.1 Å². The van der Waals surface area contributed by atoms with Gasteiger partial charge in [0.1, 0.15) is 23.3 Å². The van der Waals surface area contributed by atoms with E-state index in [0.29, 0.717) is 28.4 Å². The molecule has 1 aliphatic rings. The maximum absolute atomic E-state index is 13.9. The van der Waals surface area contributed by atoms with Crippen molar-refractivity contribution in [3.63, 3.8) is 0 Å². The van der Waals surface area contributed by atoms with Gasteiger partial charge in [-0.05, 0) is 43.5 Å². The van der Waals surface area contributed by atoms with Crippen LogP contribution < -0.4 is 14.8 Å². The molecule has 0 bridgehead atoms. The van der Waals surface area contributed by atoms with Crippen LogP contribution in [0.5, 0.6) is 11.5 Å². The van der Waals surface area contributed by atoms with Gasteiger partial charge in [-0.2, -0.15) is 0 Å². The number of carbonyl (C=O) groups excluding carboxylic acids is 2. The highest BCUT2D eigenvalue weighted by atomic mass is 16.5. The summed E-state index contributed by atoms with van der Waals surface area (Å²) < 4.78 is 16.5. The van der Waals surface area contributed by atoms with E-state index in [4.69, 9.17) is 13.9 Å². The smallest absolute Gasteiger partial charge is 0.258 e. The molecule has 2 aromatic carbocycles. The Labute approximate surface area is 206 Å². The predicted octanol–water partition coefficient (Wildman–Crippen LogP) is 5.05. The molecule has 2 amide bonds. The molecule has 0 spiro atoms. The quantitative estimate of drug-likeness (QED) is 0.468. The largest absolute Gasteiger partial charge is 0.497 e. The molecule has 4 rings (SSSR count). The van der Waals surface area contributed by atoms with Gasteiger partial charge in [0.15, 0.2) is 0 Å². The summed E-state index contributed by atoms with van der Waals surface area (Å²) >= 11 is 0. The molecule has 7 heteroatoms. The van der Waals surface area contributed by atoms with Crippen LogP contribution in [0.1, 0.15) is 59.0 Å². The summed E-state index contributed by atoms with van der Waals surface area (Å²) in [6, 6.07) is 15.8. The van der Waals surface area contributed by atoms with Crippen LogP contribution in [0.3, 0.4) is 0 Å². The molecule has 0 aliphatic heterocycles. The van der Waals surface area contributed by atoms with Crippen LogP contribution in [0, 0.1) is 6.92 Å². The van der Waals surface area contributed by atoms with Crippen molar-refractivity contribution in [3.05, 3.63) is 83.3 Å². The fraction of sp³-hybridized carbons (Fsp3) is 0.357. The monoisotopic (exact) mass is 476 g/mol. The highest BCUT2D eigenvalue weighted by Crippen LogP contribution is 2.35. The number of hydrogen-bond acceptors (Lipinski definition) is 5. The van der Waals surface area contributed by atoms with Crippen molar-refractivity contribution >= 4 is 11.8 Å². The number of amides is 2. The van der Waals surface area contributed by atoms with Gasteiger partial charge >= 0.3 is 0 Å². The van der Waals surface area contributed by atoms with Gasteiger partial charge in [-0.3, -0.25) is 9.59 Å². The van der Waals surface area contributed by atoms with Crippen molar-refractivity contribution < 1.29 is 23.5 Å². The van der Waals surface area contributed by atoms with Crippen LogP contribution in [0.4, 0.5) is 0 Å². The number of methoxy groups -OCH3 is 2. The van der Waals surface area contributed by atoms with Gasteiger partial charge in [-0.25, -0.2) is 0 Å². The number of benzene rings is 2. The first kappa shape index (κ1) is 24.4. The molecule has 0 radical (unpaired) electrons. The first-order chi connectivity index (χ1) is 17.0. The Morgan fingerprint density at radius 3 is 2.43 bits per heavy atom. The van der Waals surface area contributed by atoms with E-state index in [1.54, 1.807) is 50.3 Å². The lowest BCUT2D eigenvalue weighted by Gasteiger charge is -2.33. The summed E-state index contributed by atoms with van der Waals surface area (Å²) in [6.07, 6.45) is 5.53. The highest BCUT2D eigenvalue weighted by molar-refractivity contribution is 5.98. The molecular weight excluding hydrogens is 444 g/mol. The molecule has 7 nitrogen and oxygen atoms in total. The normalized spacial score (nSPS) is 14.4. The van der Waals surface area contributed by atoms with Crippen LogP contribution in [0.25, 0.3) is 0 Å². The second kappa shape index (κ2) is 11.1. The first-order valence-corrected chi connectivity index (χ1v) is 11.9. The summed E-state index contributed by atoms with van der Waals surface area (Å²) in [5.41, 5.74) is 1.93. The lowest BCUT2D eigenvalue weighted by atomic mass is 9.99. The van der Waals surface area contributed by atoms with Gasteiger partial charge in [0.05, 0.1) is 26.0 Å². The Balaban J connectivity index is 1.82. The van der Waals surface area contributed by atoms with Crippen molar-refractivity contribution in [1.29, 1.82) is 0 Å². The molecule has 35 heavy (non-hydrogen) atoms. The zero-order valence-electron chi connectivity index (χ0n) is 20.5. The number of rotatable bonds is 9. The molecule has 1 aliphatic carbocycles. The number of nitrogens with zero attached hydrogens (tertiary/aromatic N) is 1. The van der Waals surface area contributed by atoms with Gasteiger partial charge in [0.2, 0.25) is 5.91 Å². The Kier molecular flexibility index (Phi) is 7.75. The first-order valence-electron chi connectivity index (χ1n) is 11.9. The van der Waals surface area contributed by atoms with E-state index in [0.717, 1.165) is 31.2 Å². The summed E-state index contributed by atoms with van der Waals surface area (Å²) in [6.45, 7) is 1.98. The second-order valence-electron chi connectivity index (χ2n) is 8.81. The summed E-state index contributed by atoms with van der Waals surface area (Å²) in [7, 11) is 3.12. The van der Waals surface area contributed by atoms with Gasteiger partial charge in [-0.15, -0.1) is 0 Å². The van der Waals surface area contributed by atoms with E-state index in [-0.39, 0.29) is 24.4 Å². The molecule has 1 N–H and O–H groups in total. The van der Waals surface area contributed by atoms with E-state index in [2.05, 4.69) is 5.32 Å². The Hall–Kier alpha value is -3.74. The molecule has 1 aromatic heterocycles. The van der Waals surface area contributed by atoms with Gasteiger partial charge in [0, 0.05) is 24.2 Å². The van der Waals surface area contributed by atoms with E-state index < -0.39 is 6.04 Å². The standard InChI is InChI=1S/C28H32N2O5/c1-19-23(15-16-35-19)28(32)30(18-20-9-5-4-6-10-20)26(27(31)29-21-11-7-8-12-21)24-14-13-22(33-2)17-25(24)34-3/h4-6,9-10,13-17,21,26H,7-8,11-12,18H2,1-3H3,(H,29,31). The van der Waals surface area contributed by atoms with E-state index in [1.165, 1.54) is 6.26 Å². The lowest BCUT2D eigenvalue weighted by molar-refractivity contribution is -0.126. The second-order valence-corrected chi connectivity index (χ2v) is 8.81. The maximum Gasteiger partial charge on any atom is 0.258 e. The third-order valence-corrected chi connectivity index (χ3v) is 6.54. The molecule has 3 aromatic rings. The van der Waals surface area contributed by atoms with Gasteiger partial charge in [0.25, 0.3) is 5.91 Å². The van der Waals surface area contributed by atoms with Crippen LogP contribution in [-0.2, 0) is 11.3 Å². The molecule has 1 saturated carbocycles. The minimum Gasteiger partial charge on any atom is -0.497 e. The Morgan fingerprint density at radius 1 is 1.06 bits per heavy atom. The lowest BCUT2D eigenvalue weighted by Crippen LogP contribution is -2.46. The fourth-order valence-corrected chi connectivity index (χ4v) is 4.67. The van der Waals surface area contributed by atoms with Crippen molar-refractivity contribution in [1.82, 2.24) is 10.2 Å². The van der Waals surface area contributed by atoms with Crippen LogP contribution in [0.2, 0.25) is 0 Å². The minimum atomic E-state index is -0.918. The molecular formula is C28H32N2O5. The summed E-state index contributed by atoms with van der Waals surface area (Å²) in [5.74, 6) is 1.07. The van der Waals surface area contributed by atoms with Crippen molar-refractivity contribution in [2.75, 3.05) is 14.2 Å². The van der Waals surface area contributed by atoms with Crippen LogP contribution in [0.15, 0.2) is 65.3 Å². The van der Waals surface area contributed by atoms with Crippen molar-refractivity contribution in [2.24, 2.45) is 0 Å². The maximum atomic E-state index is 13.9. The molecule has 1 atom stereocenters. The highest BCUT2D eigenvalue weighted by Gasteiger charge is 2.36. The van der Waals surface area contributed by atoms with Gasteiger partial charge in [-0.1, -0.05) is 43.2 Å². The van der Waals surface area contributed by atoms with Crippen LogP contribution >= 0.6 is 0 Å². The minimum absolute atomic E-state index is 0.0959. The Morgan fingerprint density at radius 2 is 1.80 bits per heavy atom. The number of carbonyl (C=O) groups is 2. The zero-order valence-corrected chi connectivity index (χ0v) is 20.5. The van der Waals surface area contributed by atoms with Crippen molar-refractivity contribution in [3.8, 4) is 11.5 Å². The van der Waals surface area contributed by atoms with E-state index >= 15 is 0 Å². The van der Waals surface area contributed by atoms with E-state index in [1.807, 2.05) is 30.3 Å². The third kappa shape index (κ3) is 5.50. The molecule has 0 saturated heterocycles. The third-order valence-electron chi connectivity index (χ3n) is 6.54. The fourth-order valence-electron chi connectivity index (χ4n) is 4.67. The number of nitrogens with one attached hydrogen (secondary N) is 1. The molecule has 1 unspecified atom stereocenters. The average Bonchev–Trinajstić information content (AvgIpc) is 3.55. The van der Waals surface area contributed by atoms with Crippen LogP contribution in [-0.4, -0.2) is 37.0 Å². The SMILES string of the molecule is COc1ccc(C(C(=O)NC2CCCC2)N(Cc2ccccc2)C(=O)c2ccoc2C)c(OC)c1. The summed E-state index contributed by atoms with van der Waals surface area (Å²) in [5, 5.41) is 3.20. The molecule has 184 valence electrons.